The van der Waals surface area contributed by atoms with Crippen molar-refractivity contribution in [2.24, 2.45) is 11.8 Å². The van der Waals surface area contributed by atoms with Crippen LogP contribution in [0.3, 0.4) is 0 Å². The lowest BCUT2D eigenvalue weighted by Crippen LogP contribution is -2.47. The van der Waals surface area contributed by atoms with E-state index in [9.17, 15) is 19.5 Å². The molecule has 1 aromatic carbocycles. The molecule has 3 amide bonds. The number of likely N-dealkylation sites (tertiary alicyclic amines) is 1. The zero-order valence-corrected chi connectivity index (χ0v) is 14.3. The van der Waals surface area contributed by atoms with Crippen molar-refractivity contribution in [2.45, 2.75) is 13.3 Å². The largest absolute Gasteiger partial charge is 0.481 e. The third kappa shape index (κ3) is 3.79. The minimum Gasteiger partial charge on any atom is -0.481 e. The molecule has 0 saturated carbocycles. The molecule has 2 aliphatic rings. The number of rotatable bonds is 2. The van der Waals surface area contributed by atoms with Crippen LogP contribution in [0, 0.1) is 11.8 Å². The van der Waals surface area contributed by atoms with Crippen LogP contribution in [0.25, 0.3) is 0 Å². The second kappa shape index (κ2) is 6.79. The molecule has 134 valence electrons. The van der Waals surface area contributed by atoms with Crippen molar-refractivity contribution in [3.8, 4) is 5.75 Å². The topological polar surface area (TPSA) is 108 Å². The van der Waals surface area contributed by atoms with Crippen LogP contribution in [0.1, 0.15) is 13.3 Å². The Morgan fingerprint density at radius 3 is 2.88 bits per heavy atom. The second-order valence-electron chi connectivity index (χ2n) is 6.38. The number of nitrogens with zero attached hydrogens (tertiary/aromatic N) is 1. The standard InChI is InChI=1S/C16H18ClN3O5/c1-8-2-9(15(22)23)6-20(5-8)16(24)19-12-4-10(17)3-11-14(12)25-7-13(21)18-11/h3-4,8-9H,2,5-7H2,1H3,(H,18,21)(H,19,24)(H,22,23). The number of aliphatic carboxylic acids is 1. The van der Waals surface area contributed by atoms with Gasteiger partial charge in [-0.15, -0.1) is 0 Å². The van der Waals surface area contributed by atoms with Crippen molar-refractivity contribution in [3.63, 3.8) is 0 Å². The zero-order valence-electron chi connectivity index (χ0n) is 13.5. The Kier molecular flexibility index (Phi) is 4.71. The number of carbonyl (C=O) groups excluding carboxylic acids is 2. The Labute approximate surface area is 149 Å². The number of carboxylic acid groups (broad SMARTS) is 1. The van der Waals surface area contributed by atoms with Gasteiger partial charge in [-0.2, -0.15) is 0 Å². The van der Waals surface area contributed by atoms with Gasteiger partial charge >= 0.3 is 12.0 Å². The molecule has 0 bridgehead atoms. The number of ether oxygens (including phenoxy) is 1. The number of piperidine rings is 1. The number of hydrogen-bond acceptors (Lipinski definition) is 4. The molecule has 3 N–H and O–H groups in total. The minimum atomic E-state index is -0.907. The van der Waals surface area contributed by atoms with Crippen molar-refractivity contribution in [1.82, 2.24) is 4.90 Å². The molecular formula is C16H18ClN3O5. The molecule has 0 spiro atoms. The van der Waals surface area contributed by atoms with Crippen LogP contribution in [0.2, 0.25) is 5.02 Å². The van der Waals surface area contributed by atoms with Crippen molar-refractivity contribution >= 4 is 40.9 Å². The first-order valence-electron chi connectivity index (χ1n) is 7.88. The smallest absolute Gasteiger partial charge is 0.321 e. The van der Waals surface area contributed by atoms with Crippen molar-refractivity contribution < 1.29 is 24.2 Å². The van der Waals surface area contributed by atoms with E-state index in [4.69, 9.17) is 16.3 Å². The number of anilines is 2. The normalized spacial score (nSPS) is 22.5. The third-order valence-corrected chi connectivity index (χ3v) is 4.43. The summed E-state index contributed by atoms with van der Waals surface area (Å²) in [4.78, 5) is 36.7. The highest BCUT2D eigenvalue weighted by atomic mass is 35.5. The summed E-state index contributed by atoms with van der Waals surface area (Å²) >= 11 is 6.04. The number of nitrogens with one attached hydrogen (secondary N) is 2. The van der Waals surface area contributed by atoms with Gasteiger partial charge in [0.25, 0.3) is 5.91 Å². The van der Waals surface area contributed by atoms with E-state index in [1.165, 1.54) is 17.0 Å². The van der Waals surface area contributed by atoms with E-state index in [1.54, 1.807) is 0 Å². The maximum Gasteiger partial charge on any atom is 0.321 e. The SMILES string of the molecule is CC1CC(C(=O)O)CN(C(=O)Nc2cc(Cl)cc3c2OCC(=O)N3)C1. The molecule has 2 atom stereocenters. The van der Waals surface area contributed by atoms with E-state index in [-0.39, 0.29) is 25.0 Å². The monoisotopic (exact) mass is 367 g/mol. The summed E-state index contributed by atoms with van der Waals surface area (Å²) in [6.07, 6.45) is 0.542. The minimum absolute atomic E-state index is 0.0874. The molecule has 2 unspecified atom stereocenters. The summed E-state index contributed by atoms with van der Waals surface area (Å²) in [6, 6.07) is 2.63. The van der Waals surface area contributed by atoms with E-state index in [0.29, 0.717) is 35.1 Å². The Morgan fingerprint density at radius 2 is 2.16 bits per heavy atom. The highest BCUT2D eigenvalue weighted by Crippen LogP contribution is 2.39. The van der Waals surface area contributed by atoms with Crippen LogP contribution in [0.4, 0.5) is 16.2 Å². The fraction of sp³-hybridized carbons (Fsp3) is 0.438. The average Bonchev–Trinajstić information content (AvgIpc) is 2.53. The molecule has 0 radical (unpaired) electrons. The third-order valence-electron chi connectivity index (χ3n) is 4.21. The molecule has 0 aromatic heterocycles. The van der Waals surface area contributed by atoms with Gasteiger partial charge in [-0.3, -0.25) is 9.59 Å². The summed E-state index contributed by atoms with van der Waals surface area (Å²) in [5.41, 5.74) is 0.715. The second-order valence-corrected chi connectivity index (χ2v) is 6.81. The lowest BCUT2D eigenvalue weighted by atomic mass is 9.91. The predicted octanol–water partition coefficient (Wildman–Crippen LogP) is 2.25. The summed E-state index contributed by atoms with van der Waals surface area (Å²) < 4.78 is 5.39. The van der Waals surface area contributed by atoms with Gasteiger partial charge in [-0.05, 0) is 24.5 Å². The number of benzene rings is 1. The molecule has 1 fully saturated rings. The van der Waals surface area contributed by atoms with Gasteiger partial charge in [0.2, 0.25) is 0 Å². The van der Waals surface area contributed by atoms with Gasteiger partial charge in [-0.25, -0.2) is 4.79 Å². The lowest BCUT2D eigenvalue weighted by Gasteiger charge is -2.34. The molecule has 2 heterocycles. The first-order valence-corrected chi connectivity index (χ1v) is 8.26. The van der Waals surface area contributed by atoms with Crippen LogP contribution < -0.4 is 15.4 Å². The Morgan fingerprint density at radius 1 is 1.40 bits per heavy atom. The number of amides is 3. The number of hydrogen-bond donors (Lipinski definition) is 3. The summed E-state index contributed by atoms with van der Waals surface area (Å²) in [5.74, 6) is -1.38. The van der Waals surface area contributed by atoms with Gasteiger partial charge in [0.05, 0.1) is 17.3 Å². The number of urea groups is 1. The van der Waals surface area contributed by atoms with E-state index in [0.717, 1.165) is 0 Å². The molecule has 1 aromatic rings. The van der Waals surface area contributed by atoms with Crippen molar-refractivity contribution in [3.05, 3.63) is 17.2 Å². The van der Waals surface area contributed by atoms with Crippen LogP contribution in [0.5, 0.6) is 5.75 Å². The van der Waals surface area contributed by atoms with E-state index >= 15 is 0 Å². The van der Waals surface area contributed by atoms with Crippen LogP contribution in [0.15, 0.2) is 12.1 Å². The van der Waals surface area contributed by atoms with E-state index in [1.807, 2.05) is 6.92 Å². The summed E-state index contributed by atoms with van der Waals surface area (Å²) in [7, 11) is 0. The molecule has 8 nitrogen and oxygen atoms in total. The number of carboxylic acids is 1. The number of carbonyl (C=O) groups is 3. The van der Waals surface area contributed by atoms with Crippen molar-refractivity contribution in [1.29, 1.82) is 0 Å². The van der Waals surface area contributed by atoms with E-state index in [2.05, 4.69) is 10.6 Å². The average molecular weight is 368 g/mol. The van der Waals surface area contributed by atoms with E-state index < -0.39 is 17.9 Å². The summed E-state index contributed by atoms with van der Waals surface area (Å²) in [6.45, 7) is 2.37. The maximum atomic E-state index is 12.6. The zero-order chi connectivity index (χ0) is 18.1. The van der Waals surface area contributed by atoms with Crippen molar-refractivity contribution in [2.75, 3.05) is 30.3 Å². The number of halogens is 1. The molecule has 2 aliphatic heterocycles. The first-order chi connectivity index (χ1) is 11.8. The van der Waals surface area contributed by atoms with Gasteiger partial charge in [0.1, 0.15) is 0 Å². The highest BCUT2D eigenvalue weighted by Gasteiger charge is 2.32. The lowest BCUT2D eigenvalue weighted by molar-refractivity contribution is -0.143. The predicted molar refractivity (Wildman–Crippen MR) is 91.1 cm³/mol. The Bertz CT molecular complexity index is 739. The highest BCUT2D eigenvalue weighted by molar-refractivity contribution is 6.31. The molecule has 3 rings (SSSR count). The van der Waals surface area contributed by atoms with Gasteiger partial charge in [0, 0.05) is 18.1 Å². The molecular weight excluding hydrogens is 350 g/mol. The molecule has 25 heavy (non-hydrogen) atoms. The van der Waals surface area contributed by atoms with Crippen LogP contribution in [-0.2, 0) is 9.59 Å². The number of fused-ring (bicyclic) bond motifs is 1. The fourth-order valence-electron chi connectivity index (χ4n) is 3.15. The maximum absolute atomic E-state index is 12.6. The Balaban J connectivity index is 1.79. The first kappa shape index (κ1) is 17.3. The molecule has 1 saturated heterocycles. The van der Waals surface area contributed by atoms with Gasteiger partial charge < -0.3 is 25.4 Å². The molecule has 9 heteroatoms. The van der Waals surface area contributed by atoms with Crippen LogP contribution >= 0.6 is 11.6 Å². The summed E-state index contributed by atoms with van der Waals surface area (Å²) in [5, 5.41) is 14.9. The fourth-order valence-corrected chi connectivity index (χ4v) is 3.37. The Hall–Kier alpha value is -2.48. The van der Waals surface area contributed by atoms with Gasteiger partial charge in [-0.1, -0.05) is 18.5 Å². The van der Waals surface area contributed by atoms with Crippen LogP contribution in [-0.4, -0.2) is 47.6 Å². The molecule has 0 aliphatic carbocycles. The quantitative estimate of drug-likeness (QED) is 0.743. The van der Waals surface area contributed by atoms with Gasteiger partial charge in [0.15, 0.2) is 12.4 Å².